The summed E-state index contributed by atoms with van der Waals surface area (Å²) in [6.45, 7) is 4.77. The van der Waals surface area contributed by atoms with E-state index in [0.29, 0.717) is 0 Å². The minimum absolute atomic E-state index is 0.674. The fraction of sp³-hybridized carbons (Fsp3) is 0.438. The summed E-state index contributed by atoms with van der Waals surface area (Å²) in [6.07, 6.45) is 5.94. The third kappa shape index (κ3) is 1.95. The van der Waals surface area contributed by atoms with Crippen LogP contribution in [0, 0.1) is 0 Å². The molecule has 2 heterocycles. The maximum Gasteiger partial charge on any atom is 0.140 e. The first-order chi connectivity index (χ1) is 9.51. The molecule has 0 atom stereocenters. The molecule has 0 amide bonds. The molecule has 106 valence electrons. The normalized spacial score (nSPS) is 14.8. The van der Waals surface area contributed by atoms with Gasteiger partial charge in [0.2, 0.25) is 0 Å². The van der Waals surface area contributed by atoms with Crippen LogP contribution in [0.15, 0.2) is 30.6 Å². The van der Waals surface area contributed by atoms with Crippen LogP contribution in [0.4, 0.5) is 4.48 Å². The van der Waals surface area contributed by atoms with Gasteiger partial charge in [0.25, 0.3) is 0 Å². The third-order valence-electron chi connectivity index (χ3n) is 4.36. The summed E-state index contributed by atoms with van der Waals surface area (Å²) in [6, 6.07) is 6.18. The molecule has 0 radical (unpaired) electrons. The van der Waals surface area contributed by atoms with Crippen molar-refractivity contribution in [3.63, 3.8) is 0 Å². The fourth-order valence-corrected chi connectivity index (χ4v) is 2.91. The van der Waals surface area contributed by atoms with Gasteiger partial charge >= 0.3 is 0 Å². The van der Waals surface area contributed by atoms with Gasteiger partial charge in [-0.3, -0.25) is 0 Å². The van der Waals surface area contributed by atoms with Gasteiger partial charge in [0.05, 0.1) is 5.54 Å². The number of hydrogen-bond acceptors (Lipinski definition) is 2. The first-order valence-corrected chi connectivity index (χ1v) is 7.05. The Kier molecular flexibility index (Phi) is 3.13. The molecule has 1 aromatic heterocycles. The predicted molar refractivity (Wildman–Crippen MR) is 77.9 cm³/mol. The molecule has 3 rings (SSSR count). The minimum atomic E-state index is -0.674. The van der Waals surface area contributed by atoms with Crippen molar-refractivity contribution in [1.82, 2.24) is 14.7 Å². The van der Waals surface area contributed by atoms with Crippen molar-refractivity contribution in [1.29, 1.82) is 0 Å². The Labute approximate surface area is 119 Å². The second-order valence-electron chi connectivity index (χ2n) is 5.92. The lowest BCUT2D eigenvalue weighted by molar-refractivity contribution is -0.0438. The van der Waals surface area contributed by atoms with Crippen molar-refractivity contribution in [2.45, 2.75) is 38.8 Å². The Balaban J connectivity index is 2.27. The van der Waals surface area contributed by atoms with E-state index in [0.717, 1.165) is 41.5 Å². The van der Waals surface area contributed by atoms with Gasteiger partial charge in [-0.15, -0.1) is 9.60 Å². The van der Waals surface area contributed by atoms with E-state index in [1.54, 1.807) is 0 Å². The molecule has 0 unspecified atom stereocenters. The molecule has 2 aromatic rings. The molecular weight excluding hydrogens is 253 g/mol. The van der Waals surface area contributed by atoms with Gasteiger partial charge in [0.15, 0.2) is 0 Å². The van der Waals surface area contributed by atoms with Gasteiger partial charge in [0, 0.05) is 31.5 Å². The molecule has 4 heteroatoms. The molecule has 1 aliphatic heterocycles. The summed E-state index contributed by atoms with van der Waals surface area (Å²) in [5.74, 6) is 0.961. The quantitative estimate of drug-likeness (QED) is 0.780. The van der Waals surface area contributed by atoms with Crippen molar-refractivity contribution in [3.05, 3.63) is 41.7 Å². The second kappa shape index (κ2) is 4.70. The van der Waals surface area contributed by atoms with Crippen LogP contribution >= 0.6 is 0 Å². The second-order valence-corrected chi connectivity index (χ2v) is 5.92. The number of imidazole rings is 1. The van der Waals surface area contributed by atoms with Gasteiger partial charge < -0.3 is 4.57 Å². The van der Waals surface area contributed by atoms with Crippen LogP contribution < -0.4 is 0 Å². The number of benzene rings is 1. The standard InChI is InChI=1S/C16H20FN3/c1-16(2,19(3)17)13-8-4-6-12-7-5-10-20-11-9-18-15(20)14(12)13/h4,6,8-9,11H,5,7,10H2,1-3H3. The van der Waals surface area contributed by atoms with Gasteiger partial charge in [-0.25, -0.2) is 4.98 Å². The lowest BCUT2D eigenvalue weighted by atomic mass is 9.86. The van der Waals surface area contributed by atoms with Crippen LogP contribution in [-0.2, 0) is 18.5 Å². The summed E-state index contributed by atoms with van der Waals surface area (Å²) < 4.78 is 16.1. The summed E-state index contributed by atoms with van der Waals surface area (Å²) in [5, 5.41) is 0.779. The molecular formula is C16H20FN3. The average Bonchev–Trinajstić information content (AvgIpc) is 2.79. The Morgan fingerprint density at radius 3 is 2.90 bits per heavy atom. The van der Waals surface area contributed by atoms with Crippen LogP contribution in [0.2, 0.25) is 0 Å². The molecule has 0 saturated heterocycles. The van der Waals surface area contributed by atoms with Crippen molar-refractivity contribution in [2.75, 3.05) is 7.05 Å². The van der Waals surface area contributed by atoms with E-state index in [1.165, 1.54) is 12.6 Å². The van der Waals surface area contributed by atoms with Crippen LogP contribution in [0.3, 0.4) is 0 Å². The number of fused-ring (bicyclic) bond motifs is 3. The molecule has 0 spiro atoms. The van der Waals surface area contributed by atoms with E-state index in [4.69, 9.17) is 0 Å². The van der Waals surface area contributed by atoms with Gasteiger partial charge in [-0.2, -0.15) is 0 Å². The maximum absolute atomic E-state index is 13.9. The highest BCUT2D eigenvalue weighted by atomic mass is 19.2. The molecule has 0 N–H and O–H groups in total. The van der Waals surface area contributed by atoms with Crippen LogP contribution in [0.5, 0.6) is 0 Å². The Morgan fingerprint density at radius 1 is 1.35 bits per heavy atom. The highest BCUT2D eigenvalue weighted by molar-refractivity contribution is 5.67. The lowest BCUT2D eigenvalue weighted by Crippen LogP contribution is -2.33. The summed E-state index contributed by atoms with van der Waals surface area (Å²) in [7, 11) is 1.47. The van der Waals surface area contributed by atoms with E-state index in [1.807, 2.05) is 38.4 Å². The van der Waals surface area contributed by atoms with Gasteiger partial charge in [-0.1, -0.05) is 18.2 Å². The number of aryl methyl sites for hydroxylation is 2. The average molecular weight is 273 g/mol. The third-order valence-corrected chi connectivity index (χ3v) is 4.36. The zero-order valence-electron chi connectivity index (χ0n) is 12.2. The zero-order chi connectivity index (χ0) is 14.3. The minimum Gasteiger partial charge on any atom is -0.331 e. The first-order valence-electron chi connectivity index (χ1n) is 7.05. The van der Waals surface area contributed by atoms with Crippen molar-refractivity contribution in [2.24, 2.45) is 0 Å². The van der Waals surface area contributed by atoms with Gasteiger partial charge in [-0.05, 0) is 37.8 Å². The smallest absolute Gasteiger partial charge is 0.140 e. The highest BCUT2D eigenvalue weighted by Crippen LogP contribution is 2.38. The highest BCUT2D eigenvalue weighted by Gasteiger charge is 2.32. The topological polar surface area (TPSA) is 21.1 Å². The molecule has 0 bridgehead atoms. The SMILES string of the molecule is CN(F)C(C)(C)c1cccc2c1-c1nccn1CCC2. The molecule has 20 heavy (non-hydrogen) atoms. The summed E-state index contributed by atoms with van der Waals surface area (Å²) >= 11 is 0. The monoisotopic (exact) mass is 273 g/mol. The molecule has 3 nitrogen and oxygen atoms in total. The van der Waals surface area contributed by atoms with Crippen molar-refractivity contribution >= 4 is 0 Å². The summed E-state index contributed by atoms with van der Waals surface area (Å²) in [4.78, 5) is 4.51. The van der Waals surface area contributed by atoms with E-state index >= 15 is 0 Å². The maximum atomic E-state index is 13.9. The molecule has 0 saturated carbocycles. The Morgan fingerprint density at radius 2 is 2.15 bits per heavy atom. The number of nitrogens with zero attached hydrogens (tertiary/aromatic N) is 3. The van der Waals surface area contributed by atoms with Gasteiger partial charge in [0.1, 0.15) is 5.82 Å². The van der Waals surface area contributed by atoms with E-state index in [2.05, 4.69) is 15.6 Å². The molecule has 1 aromatic carbocycles. The number of hydrogen-bond donors (Lipinski definition) is 0. The molecule has 1 aliphatic rings. The largest absolute Gasteiger partial charge is 0.331 e. The Hall–Kier alpha value is -1.68. The molecule has 0 aliphatic carbocycles. The lowest BCUT2D eigenvalue weighted by Gasteiger charge is -2.31. The number of halogens is 1. The fourth-order valence-electron chi connectivity index (χ4n) is 2.91. The van der Waals surface area contributed by atoms with E-state index in [9.17, 15) is 4.48 Å². The number of rotatable bonds is 2. The van der Waals surface area contributed by atoms with Crippen molar-refractivity contribution < 1.29 is 4.48 Å². The Bertz CT molecular complexity index is 628. The number of aromatic nitrogens is 2. The zero-order valence-corrected chi connectivity index (χ0v) is 12.2. The predicted octanol–water partition coefficient (Wildman–Crippen LogP) is 3.55. The van der Waals surface area contributed by atoms with E-state index in [-0.39, 0.29) is 0 Å². The van der Waals surface area contributed by atoms with E-state index < -0.39 is 5.54 Å². The summed E-state index contributed by atoms with van der Waals surface area (Å²) in [5.41, 5.74) is 2.69. The molecule has 0 fully saturated rings. The van der Waals surface area contributed by atoms with Crippen LogP contribution in [-0.4, -0.2) is 21.7 Å². The first kappa shape index (κ1) is 13.3. The van der Waals surface area contributed by atoms with Crippen molar-refractivity contribution in [3.8, 4) is 11.4 Å². The van der Waals surface area contributed by atoms with Crippen LogP contribution in [0.25, 0.3) is 11.4 Å². The van der Waals surface area contributed by atoms with Crippen LogP contribution in [0.1, 0.15) is 31.4 Å².